The molecule has 0 aliphatic rings. The number of nitrogens with one attached hydrogen (secondary N) is 1. The van der Waals surface area contributed by atoms with Gasteiger partial charge < -0.3 is 14.7 Å². The van der Waals surface area contributed by atoms with Gasteiger partial charge in [0, 0.05) is 42.9 Å². The molecule has 0 unspecified atom stereocenters. The number of amides is 1. The zero-order chi connectivity index (χ0) is 21.6. The molecule has 0 radical (unpaired) electrons. The number of para-hydroxylation sites is 1. The van der Waals surface area contributed by atoms with Crippen LogP contribution in [-0.4, -0.2) is 39.3 Å². The number of carbonyl (C=O) groups excluding carboxylic acids is 1. The van der Waals surface area contributed by atoms with E-state index in [-0.39, 0.29) is 5.91 Å². The number of anilines is 1. The number of nitrogens with zero attached hydrogens (tertiary/aromatic N) is 4. The Morgan fingerprint density at radius 2 is 1.81 bits per heavy atom. The highest BCUT2D eigenvalue weighted by Gasteiger charge is 2.15. The Morgan fingerprint density at radius 1 is 1.10 bits per heavy atom. The smallest absolute Gasteiger partial charge is 0.226 e. The number of aromatic nitrogens is 3. The average molecular weight is 415 g/mol. The first kappa shape index (κ1) is 20.6. The van der Waals surface area contributed by atoms with Crippen molar-refractivity contribution < 1.29 is 9.32 Å². The molecule has 0 fully saturated rings. The summed E-state index contributed by atoms with van der Waals surface area (Å²) < 4.78 is 6.89. The zero-order valence-corrected chi connectivity index (χ0v) is 17.7. The van der Waals surface area contributed by atoms with Crippen LogP contribution in [0.5, 0.6) is 0 Å². The second-order valence-corrected chi connectivity index (χ2v) is 7.51. The monoisotopic (exact) mass is 415 g/mol. The predicted molar refractivity (Wildman–Crippen MR) is 120 cm³/mol. The molecule has 0 aliphatic carbocycles. The second-order valence-electron chi connectivity index (χ2n) is 7.51. The first-order valence-corrected chi connectivity index (χ1v) is 10.2. The predicted octanol–water partition coefficient (Wildman–Crippen LogP) is 4.30. The van der Waals surface area contributed by atoms with Crippen molar-refractivity contribution >= 4 is 11.7 Å². The molecular weight excluding hydrogens is 390 g/mol. The van der Waals surface area contributed by atoms with Gasteiger partial charge in [-0.2, -0.15) is 5.10 Å². The van der Waals surface area contributed by atoms with Crippen molar-refractivity contribution in [1.29, 1.82) is 0 Å². The minimum atomic E-state index is -0.0941. The number of benzene rings is 2. The number of rotatable bonds is 8. The first-order valence-electron chi connectivity index (χ1n) is 10.2. The average Bonchev–Trinajstić information content (AvgIpc) is 3.39. The van der Waals surface area contributed by atoms with Gasteiger partial charge in [-0.05, 0) is 26.1 Å². The Hall–Kier alpha value is -3.71. The molecule has 1 amide bonds. The fourth-order valence-corrected chi connectivity index (χ4v) is 3.37. The van der Waals surface area contributed by atoms with Gasteiger partial charge in [0.05, 0.1) is 11.4 Å². The van der Waals surface area contributed by atoms with E-state index in [0.717, 1.165) is 22.5 Å². The Kier molecular flexibility index (Phi) is 6.24. The molecule has 2 heterocycles. The molecule has 0 bridgehead atoms. The summed E-state index contributed by atoms with van der Waals surface area (Å²) in [6.07, 6.45) is 2.42. The molecule has 7 nitrogen and oxygen atoms in total. The fraction of sp³-hybridized carbons (Fsp3) is 0.208. The third kappa shape index (κ3) is 5.26. The van der Waals surface area contributed by atoms with Crippen molar-refractivity contribution in [3.05, 3.63) is 84.3 Å². The standard InChI is InChI=1S/C24H25N5O2/c1-18-15-22(27-31-18)25-23(30)13-14-28(2)16-20-17-29(21-11-7-4-8-12-21)26-24(20)19-9-5-3-6-10-19/h3-12,15,17H,13-14,16H2,1-2H3,(H,25,27,30). The number of aryl methyl sites for hydroxylation is 1. The van der Waals surface area contributed by atoms with Gasteiger partial charge >= 0.3 is 0 Å². The van der Waals surface area contributed by atoms with E-state index in [9.17, 15) is 4.79 Å². The number of carbonyl (C=O) groups is 1. The van der Waals surface area contributed by atoms with Gasteiger partial charge in [0.15, 0.2) is 5.82 Å². The molecule has 2 aromatic carbocycles. The lowest BCUT2D eigenvalue weighted by Crippen LogP contribution is -2.24. The lowest BCUT2D eigenvalue weighted by molar-refractivity contribution is -0.116. The molecule has 0 atom stereocenters. The van der Waals surface area contributed by atoms with E-state index in [1.165, 1.54) is 0 Å². The van der Waals surface area contributed by atoms with Gasteiger partial charge in [-0.3, -0.25) is 4.79 Å². The van der Waals surface area contributed by atoms with Crippen molar-refractivity contribution in [2.75, 3.05) is 18.9 Å². The van der Waals surface area contributed by atoms with Crippen LogP contribution in [0.4, 0.5) is 5.82 Å². The Bertz CT molecular complexity index is 1140. The van der Waals surface area contributed by atoms with E-state index in [2.05, 4.69) is 33.7 Å². The second kappa shape index (κ2) is 9.40. The summed E-state index contributed by atoms with van der Waals surface area (Å²) in [6, 6.07) is 21.9. The molecule has 1 N–H and O–H groups in total. The molecule has 0 saturated heterocycles. The topological polar surface area (TPSA) is 76.2 Å². The highest BCUT2D eigenvalue weighted by molar-refractivity contribution is 5.89. The molecule has 0 saturated carbocycles. The van der Waals surface area contributed by atoms with E-state index < -0.39 is 0 Å². The Morgan fingerprint density at radius 3 is 2.48 bits per heavy atom. The number of hydrogen-bond donors (Lipinski definition) is 1. The van der Waals surface area contributed by atoms with Crippen molar-refractivity contribution in [3.63, 3.8) is 0 Å². The van der Waals surface area contributed by atoms with Gasteiger partial charge in [-0.15, -0.1) is 0 Å². The van der Waals surface area contributed by atoms with Crippen LogP contribution in [0.15, 0.2) is 77.4 Å². The maximum atomic E-state index is 12.2. The van der Waals surface area contributed by atoms with Gasteiger partial charge in [0.1, 0.15) is 5.76 Å². The van der Waals surface area contributed by atoms with Gasteiger partial charge in [0.25, 0.3) is 0 Å². The van der Waals surface area contributed by atoms with E-state index in [4.69, 9.17) is 9.62 Å². The third-order valence-corrected chi connectivity index (χ3v) is 4.91. The number of hydrogen-bond acceptors (Lipinski definition) is 5. The van der Waals surface area contributed by atoms with Crippen LogP contribution in [0.25, 0.3) is 16.9 Å². The van der Waals surface area contributed by atoms with E-state index in [1.54, 1.807) is 13.0 Å². The normalized spacial score (nSPS) is 11.1. The van der Waals surface area contributed by atoms with Crippen LogP contribution < -0.4 is 5.32 Å². The molecule has 4 aromatic rings. The summed E-state index contributed by atoms with van der Waals surface area (Å²) in [6.45, 7) is 3.07. The lowest BCUT2D eigenvalue weighted by atomic mass is 10.1. The molecule has 4 rings (SSSR count). The maximum absolute atomic E-state index is 12.2. The van der Waals surface area contributed by atoms with E-state index in [1.807, 2.05) is 60.3 Å². The third-order valence-electron chi connectivity index (χ3n) is 4.91. The van der Waals surface area contributed by atoms with E-state index >= 15 is 0 Å². The Balaban J connectivity index is 1.46. The van der Waals surface area contributed by atoms with E-state index in [0.29, 0.717) is 31.1 Å². The van der Waals surface area contributed by atoms with Crippen LogP contribution in [-0.2, 0) is 11.3 Å². The van der Waals surface area contributed by atoms with Gasteiger partial charge in [0.2, 0.25) is 5.91 Å². The molecule has 2 aromatic heterocycles. The Labute approximate surface area is 181 Å². The van der Waals surface area contributed by atoms with Crippen molar-refractivity contribution in [2.45, 2.75) is 19.9 Å². The highest BCUT2D eigenvalue weighted by Crippen LogP contribution is 2.24. The maximum Gasteiger partial charge on any atom is 0.226 e. The highest BCUT2D eigenvalue weighted by atomic mass is 16.5. The molecular formula is C24H25N5O2. The fourth-order valence-electron chi connectivity index (χ4n) is 3.37. The molecule has 31 heavy (non-hydrogen) atoms. The summed E-state index contributed by atoms with van der Waals surface area (Å²) in [5, 5.41) is 11.4. The summed E-state index contributed by atoms with van der Waals surface area (Å²) in [7, 11) is 2.00. The summed E-state index contributed by atoms with van der Waals surface area (Å²) in [5.74, 6) is 1.01. The summed E-state index contributed by atoms with van der Waals surface area (Å²) >= 11 is 0. The zero-order valence-electron chi connectivity index (χ0n) is 17.7. The van der Waals surface area contributed by atoms with Crippen LogP contribution in [0, 0.1) is 6.92 Å². The minimum absolute atomic E-state index is 0.0941. The molecule has 0 aliphatic heterocycles. The largest absolute Gasteiger partial charge is 0.360 e. The molecule has 7 heteroatoms. The minimum Gasteiger partial charge on any atom is -0.360 e. The van der Waals surface area contributed by atoms with Gasteiger partial charge in [-0.1, -0.05) is 53.7 Å². The van der Waals surface area contributed by atoms with Crippen LogP contribution in [0.2, 0.25) is 0 Å². The van der Waals surface area contributed by atoms with Crippen molar-refractivity contribution in [2.24, 2.45) is 0 Å². The summed E-state index contributed by atoms with van der Waals surface area (Å²) in [5.41, 5.74) is 4.12. The quantitative estimate of drug-likeness (QED) is 0.464. The first-order chi connectivity index (χ1) is 15.1. The summed E-state index contributed by atoms with van der Waals surface area (Å²) in [4.78, 5) is 14.3. The molecule has 158 valence electrons. The van der Waals surface area contributed by atoms with Gasteiger partial charge in [-0.25, -0.2) is 4.68 Å². The van der Waals surface area contributed by atoms with Crippen LogP contribution >= 0.6 is 0 Å². The van der Waals surface area contributed by atoms with Crippen LogP contribution in [0.3, 0.4) is 0 Å². The van der Waals surface area contributed by atoms with Crippen molar-refractivity contribution in [3.8, 4) is 16.9 Å². The van der Waals surface area contributed by atoms with Crippen molar-refractivity contribution in [1.82, 2.24) is 19.8 Å². The molecule has 0 spiro atoms. The lowest BCUT2D eigenvalue weighted by Gasteiger charge is -2.16. The van der Waals surface area contributed by atoms with Crippen LogP contribution in [0.1, 0.15) is 17.7 Å². The SMILES string of the molecule is Cc1cc(NC(=O)CCN(C)Cc2cn(-c3ccccc3)nc2-c2ccccc2)no1.